The maximum absolute atomic E-state index is 12.6. The Labute approximate surface area is 140 Å². The van der Waals surface area contributed by atoms with Crippen molar-refractivity contribution < 1.29 is 24.2 Å². The number of aromatic nitrogens is 1. The van der Waals surface area contributed by atoms with Gasteiger partial charge in [-0.1, -0.05) is 0 Å². The molecule has 1 aliphatic heterocycles. The van der Waals surface area contributed by atoms with E-state index in [1.54, 1.807) is 30.3 Å². The number of carbonyl (C=O) groups excluding carboxylic acids is 1. The maximum atomic E-state index is 12.6. The van der Waals surface area contributed by atoms with Gasteiger partial charge in [0.1, 0.15) is 6.61 Å². The number of piperidine rings is 1. The highest BCUT2D eigenvalue weighted by molar-refractivity contribution is 5.94. The lowest BCUT2D eigenvalue weighted by molar-refractivity contribution is -0.139. The predicted octanol–water partition coefficient (Wildman–Crippen LogP) is 1.43. The van der Waals surface area contributed by atoms with Crippen molar-refractivity contribution in [1.29, 1.82) is 0 Å². The smallest absolute Gasteiger partial charge is 0.307 e. The Balaban J connectivity index is 1.57. The van der Waals surface area contributed by atoms with E-state index in [4.69, 9.17) is 14.6 Å². The number of ether oxygens (including phenoxy) is 2. The summed E-state index contributed by atoms with van der Waals surface area (Å²) in [7, 11) is 1.59. The van der Waals surface area contributed by atoms with E-state index in [0.29, 0.717) is 37.7 Å². The summed E-state index contributed by atoms with van der Waals surface area (Å²) in [4.78, 5) is 29.6. The van der Waals surface area contributed by atoms with Gasteiger partial charge in [0.05, 0.1) is 12.5 Å². The fourth-order valence-electron chi connectivity index (χ4n) is 3.44. The van der Waals surface area contributed by atoms with Crippen molar-refractivity contribution in [1.82, 2.24) is 9.88 Å². The van der Waals surface area contributed by atoms with Crippen molar-refractivity contribution in [3.63, 3.8) is 0 Å². The normalized spacial score (nSPS) is 21.5. The molecule has 1 aromatic rings. The number of hydrogen-bond donors (Lipinski definition) is 1. The molecule has 7 heteroatoms. The van der Waals surface area contributed by atoms with Gasteiger partial charge in [-0.2, -0.15) is 0 Å². The quantitative estimate of drug-likeness (QED) is 0.792. The van der Waals surface area contributed by atoms with E-state index in [2.05, 4.69) is 4.98 Å². The zero-order valence-corrected chi connectivity index (χ0v) is 13.7. The lowest BCUT2D eigenvalue weighted by Gasteiger charge is -2.32. The van der Waals surface area contributed by atoms with E-state index < -0.39 is 5.97 Å². The molecule has 1 atom stereocenters. The average Bonchev–Trinajstić information content (AvgIpc) is 3.29. The third-order valence-electron chi connectivity index (χ3n) is 5.05. The summed E-state index contributed by atoms with van der Waals surface area (Å²) < 4.78 is 10.4. The Kier molecular flexibility index (Phi) is 4.71. The Morgan fingerprint density at radius 3 is 2.75 bits per heavy atom. The van der Waals surface area contributed by atoms with Crippen LogP contribution in [-0.4, -0.2) is 60.3 Å². The third-order valence-corrected chi connectivity index (χ3v) is 5.05. The Morgan fingerprint density at radius 2 is 2.12 bits per heavy atom. The SMILES string of the molecule is COCCOc1cc(C(=O)N2CCC3(CC2)CC3C(=O)O)ccn1. The highest BCUT2D eigenvalue weighted by Gasteiger charge is 2.59. The van der Waals surface area contributed by atoms with E-state index in [-0.39, 0.29) is 17.2 Å². The van der Waals surface area contributed by atoms with E-state index in [1.165, 1.54) is 0 Å². The minimum absolute atomic E-state index is 0.0589. The minimum Gasteiger partial charge on any atom is -0.481 e. The molecule has 1 aliphatic carbocycles. The summed E-state index contributed by atoms with van der Waals surface area (Å²) in [5.41, 5.74) is 0.467. The van der Waals surface area contributed by atoms with Gasteiger partial charge < -0.3 is 19.5 Å². The largest absolute Gasteiger partial charge is 0.481 e. The van der Waals surface area contributed by atoms with Crippen LogP contribution in [0.25, 0.3) is 0 Å². The molecule has 3 rings (SSSR count). The number of aliphatic carboxylic acids is 1. The zero-order chi connectivity index (χ0) is 17.2. The van der Waals surface area contributed by atoms with Gasteiger partial charge in [-0.3, -0.25) is 9.59 Å². The van der Waals surface area contributed by atoms with Crippen LogP contribution in [-0.2, 0) is 9.53 Å². The van der Waals surface area contributed by atoms with Crippen LogP contribution < -0.4 is 4.74 Å². The van der Waals surface area contributed by atoms with Gasteiger partial charge in [0, 0.05) is 38.0 Å². The van der Waals surface area contributed by atoms with Crippen LogP contribution in [0.3, 0.4) is 0 Å². The van der Waals surface area contributed by atoms with Gasteiger partial charge >= 0.3 is 5.97 Å². The molecule has 2 fully saturated rings. The van der Waals surface area contributed by atoms with Gasteiger partial charge in [-0.25, -0.2) is 4.98 Å². The highest BCUT2D eigenvalue weighted by atomic mass is 16.5. The molecule has 130 valence electrons. The molecule has 0 radical (unpaired) electrons. The average molecular weight is 334 g/mol. The zero-order valence-electron chi connectivity index (χ0n) is 13.7. The van der Waals surface area contributed by atoms with Crippen LogP contribution in [0.2, 0.25) is 0 Å². The summed E-state index contributed by atoms with van der Waals surface area (Å²) in [6.07, 6.45) is 3.83. The predicted molar refractivity (Wildman–Crippen MR) is 84.9 cm³/mol. The summed E-state index contributed by atoms with van der Waals surface area (Å²) in [6, 6.07) is 3.31. The molecule has 1 N–H and O–H groups in total. The lowest BCUT2D eigenvalue weighted by Crippen LogP contribution is -2.40. The molecule has 7 nitrogen and oxygen atoms in total. The number of methoxy groups -OCH3 is 1. The van der Waals surface area contributed by atoms with Gasteiger partial charge in [0.15, 0.2) is 0 Å². The monoisotopic (exact) mass is 334 g/mol. The molecule has 1 amide bonds. The van der Waals surface area contributed by atoms with Crippen molar-refractivity contribution >= 4 is 11.9 Å². The Hall–Kier alpha value is -2.15. The van der Waals surface area contributed by atoms with Gasteiger partial charge in [0.25, 0.3) is 5.91 Å². The number of amides is 1. The first-order valence-corrected chi connectivity index (χ1v) is 8.16. The lowest BCUT2D eigenvalue weighted by atomic mass is 9.90. The number of hydrogen-bond acceptors (Lipinski definition) is 5. The van der Waals surface area contributed by atoms with Crippen LogP contribution in [0, 0.1) is 11.3 Å². The number of likely N-dealkylation sites (tertiary alicyclic amines) is 1. The van der Waals surface area contributed by atoms with E-state index in [1.807, 2.05) is 0 Å². The van der Waals surface area contributed by atoms with E-state index in [0.717, 1.165) is 19.3 Å². The van der Waals surface area contributed by atoms with Gasteiger partial charge in [-0.15, -0.1) is 0 Å². The van der Waals surface area contributed by atoms with Gasteiger partial charge in [0.2, 0.25) is 5.88 Å². The summed E-state index contributed by atoms with van der Waals surface area (Å²) in [5.74, 6) is -0.589. The fraction of sp³-hybridized carbons (Fsp3) is 0.588. The minimum atomic E-state index is -0.707. The maximum Gasteiger partial charge on any atom is 0.307 e. The Bertz CT molecular complexity index is 625. The van der Waals surface area contributed by atoms with Crippen LogP contribution in [0.15, 0.2) is 18.3 Å². The van der Waals surface area contributed by atoms with Crippen molar-refractivity contribution in [2.45, 2.75) is 19.3 Å². The molecule has 0 aromatic carbocycles. The second-order valence-electron chi connectivity index (χ2n) is 6.47. The van der Waals surface area contributed by atoms with Crippen molar-refractivity contribution in [3.05, 3.63) is 23.9 Å². The molecule has 0 bridgehead atoms. The molecule has 1 spiro atoms. The first-order chi connectivity index (χ1) is 11.6. The molecule has 1 saturated heterocycles. The summed E-state index contributed by atoms with van der Waals surface area (Å²) in [5, 5.41) is 9.13. The third kappa shape index (κ3) is 3.36. The summed E-state index contributed by atoms with van der Waals surface area (Å²) in [6.45, 7) is 2.04. The first-order valence-electron chi connectivity index (χ1n) is 8.16. The standard InChI is InChI=1S/C17H22N2O5/c1-23-8-9-24-14-10-12(2-5-18-14)15(20)19-6-3-17(4-7-19)11-13(17)16(21)22/h2,5,10,13H,3-4,6-9,11H2,1H3,(H,21,22). The molecule has 2 heterocycles. The molecule has 1 aromatic heterocycles. The number of carbonyl (C=O) groups is 2. The molecule has 24 heavy (non-hydrogen) atoms. The van der Waals surface area contributed by atoms with Crippen molar-refractivity contribution in [2.24, 2.45) is 11.3 Å². The number of pyridine rings is 1. The van der Waals surface area contributed by atoms with Crippen molar-refractivity contribution in [2.75, 3.05) is 33.4 Å². The van der Waals surface area contributed by atoms with Crippen LogP contribution in [0.1, 0.15) is 29.6 Å². The molecular formula is C17H22N2O5. The fourth-order valence-corrected chi connectivity index (χ4v) is 3.44. The molecule has 1 saturated carbocycles. The number of nitrogens with zero attached hydrogens (tertiary/aromatic N) is 2. The van der Waals surface area contributed by atoms with E-state index >= 15 is 0 Å². The number of rotatable bonds is 6. The first kappa shape index (κ1) is 16.7. The highest BCUT2D eigenvalue weighted by Crippen LogP contribution is 2.59. The topological polar surface area (TPSA) is 89.0 Å². The number of carboxylic acid groups (broad SMARTS) is 1. The second kappa shape index (κ2) is 6.76. The Morgan fingerprint density at radius 1 is 1.38 bits per heavy atom. The second-order valence-corrected chi connectivity index (χ2v) is 6.47. The van der Waals surface area contributed by atoms with Gasteiger partial charge in [-0.05, 0) is 30.7 Å². The van der Waals surface area contributed by atoms with Crippen LogP contribution in [0.5, 0.6) is 5.88 Å². The summed E-state index contributed by atoms with van der Waals surface area (Å²) >= 11 is 0. The molecule has 2 aliphatic rings. The number of carboxylic acids is 1. The van der Waals surface area contributed by atoms with Crippen molar-refractivity contribution in [3.8, 4) is 5.88 Å². The molecule has 1 unspecified atom stereocenters. The van der Waals surface area contributed by atoms with Crippen LogP contribution >= 0.6 is 0 Å². The molecular weight excluding hydrogens is 312 g/mol. The van der Waals surface area contributed by atoms with Crippen LogP contribution in [0.4, 0.5) is 0 Å². The van der Waals surface area contributed by atoms with E-state index in [9.17, 15) is 9.59 Å².